The highest BCUT2D eigenvalue weighted by atomic mass is 16.6. The number of carbonyl (C=O) groups excluding carboxylic acids is 2. The maximum absolute atomic E-state index is 13.2. The number of nitrogens with zero attached hydrogens (tertiary/aromatic N) is 4. The number of benzene rings is 2. The molecule has 2 amide bonds. The number of para-hydroxylation sites is 2. The van der Waals surface area contributed by atoms with Gasteiger partial charge >= 0.3 is 12.1 Å². The summed E-state index contributed by atoms with van der Waals surface area (Å²) in [5.41, 5.74) is 1.41. The van der Waals surface area contributed by atoms with Crippen LogP contribution in [0.25, 0.3) is 21.8 Å². The Kier molecular flexibility index (Phi) is 9.14. The number of carbonyl (C=O) groups is 3. The third-order valence-electron chi connectivity index (χ3n) is 6.59. The molecule has 4 aromatic rings. The summed E-state index contributed by atoms with van der Waals surface area (Å²) in [6, 6.07) is 17.8. The number of piperazine rings is 1. The van der Waals surface area contributed by atoms with Crippen molar-refractivity contribution in [3.8, 4) is 0 Å². The SMILES string of the molecule is CC(C)(C)OC(=O)N1CCN(C(=O)c2cccc3cccnc23)C[C@@H]1CCO.O=C(O)c1cccc2cccnc12. The fourth-order valence-corrected chi connectivity index (χ4v) is 4.72. The van der Waals surface area contributed by atoms with Crippen LogP contribution in [0.5, 0.6) is 0 Å². The van der Waals surface area contributed by atoms with Crippen LogP contribution in [0.1, 0.15) is 47.9 Å². The normalized spacial score (nSPS) is 15.3. The van der Waals surface area contributed by atoms with Gasteiger partial charge in [0.25, 0.3) is 5.91 Å². The van der Waals surface area contributed by atoms with Crippen LogP contribution in [0, 0.1) is 0 Å². The summed E-state index contributed by atoms with van der Waals surface area (Å²) in [6.45, 7) is 6.51. The summed E-state index contributed by atoms with van der Waals surface area (Å²) in [4.78, 5) is 48.2. The fraction of sp³-hybridized carbons (Fsp3) is 0.323. The second-order valence-electron chi connectivity index (χ2n) is 10.7. The Hall–Kier alpha value is -4.57. The second-order valence-corrected chi connectivity index (χ2v) is 10.7. The zero-order valence-electron chi connectivity index (χ0n) is 23.4. The van der Waals surface area contributed by atoms with Gasteiger partial charge in [-0.3, -0.25) is 14.8 Å². The number of fused-ring (bicyclic) bond motifs is 2. The molecule has 1 aliphatic heterocycles. The van der Waals surface area contributed by atoms with E-state index >= 15 is 0 Å². The second kappa shape index (κ2) is 12.7. The Bertz CT molecular complexity index is 1540. The summed E-state index contributed by atoms with van der Waals surface area (Å²) in [5.74, 6) is -1.06. The molecule has 1 saturated heterocycles. The number of carboxylic acid groups (broad SMARTS) is 1. The number of hydrogen-bond acceptors (Lipinski definition) is 7. The van der Waals surface area contributed by atoms with Gasteiger partial charge in [-0.05, 0) is 51.5 Å². The van der Waals surface area contributed by atoms with Crippen molar-refractivity contribution in [1.82, 2.24) is 19.8 Å². The third-order valence-corrected chi connectivity index (χ3v) is 6.59. The molecule has 0 saturated carbocycles. The molecule has 0 bridgehead atoms. The van der Waals surface area contributed by atoms with Crippen LogP contribution in [0.4, 0.5) is 4.79 Å². The molecule has 0 unspecified atom stereocenters. The molecule has 1 fully saturated rings. The van der Waals surface area contributed by atoms with Gasteiger partial charge < -0.3 is 24.7 Å². The molecule has 1 atom stereocenters. The van der Waals surface area contributed by atoms with Gasteiger partial charge in [-0.2, -0.15) is 0 Å². The van der Waals surface area contributed by atoms with Crippen LogP contribution in [0.15, 0.2) is 73.1 Å². The van der Waals surface area contributed by atoms with Crippen LogP contribution in [0.3, 0.4) is 0 Å². The highest BCUT2D eigenvalue weighted by Crippen LogP contribution is 2.22. The van der Waals surface area contributed by atoms with Gasteiger partial charge in [0.05, 0.1) is 28.2 Å². The van der Waals surface area contributed by atoms with E-state index in [-0.39, 0.29) is 24.1 Å². The number of amides is 2. The van der Waals surface area contributed by atoms with Gasteiger partial charge in [0.15, 0.2) is 0 Å². The molecule has 0 aliphatic carbocycles. The number of aliphatic hydroxyl groups is 1. The largest absolute Gasteiger partial charge is 0.478 e. The van der Waals surface area contributed by atoms with E-state index in [1.807, 2.05) is 57.2 Å². The lowest BCUT2D eigenvalue weighted by molar-refractivity contribution is -0.00400. The lowest BCUT2D eigenvalue weighted by Crippen LogP contribution is -2.57. The van der Waals surface area contributed by atoms with Gasteiger partial charge in [-0.1, -0.05) is 36.4 Å². The Morgan fingerprint density at radius 2 is 1.44 bits per heavy atom. The first-order chi connectivity index (χ1) is 19.6. The molecule has 2 aromatic heterocycles. The maximum Gasteiger partial charge on any atom is 0.410 e. The molecule has 10 nitrogen and oxygen atoms in total. The smallest absolute Gasteiger partial charge is 0.410 e. The van der Waals surface area contributed by atoms with Crippen molar-refractivity contribution in [3.05, 3.63) is 84.2 Å². The first-order valence-corrected chi connectivity index (χ1v) is 13.4. The Morgan fingerprint density at radius 1 is 0.878 bits per heavy atom. The van der Waals surface area contributed by atoms with E-state index < -0.39 is 17.7 Å². The Labute approximate surface area is 238 Å². The zero-order valence-corrected chi connectivity index (χ0v) is 23.4. The minimum Gasteiger partial charge on any atom is -0.478 e. The van der Waals surface area contributed by atoms with Crippen LogP contribution < -0.4 is 0 Å². The van der Waals surface area contributed by atoms with Gasteiger partial charge in [0.1, 0.15) is 5.60 Å². The molecule has 2 N–H and O–H groups in total. The number of pyridine rings is 2. The zero-order chi connectivity index (χ0) is 29.6. The molecule has 10 heteroatoms. The lowest BCUT2D eigenvalue weighted by Gasteiger charge is -2.41. The highest BCUT2D eigenvalue weighted by Gasteiger charge is 2.35. The number of rotatable bonds is 4. The average molecular weight is 559 g/mol. The Balaban J connectivity index is 0.000000247. The number of carboxylic acids is 1. The van der Waals surface area contributed by atoms with Crippen molar-refractivity contribution in [2.75, 3.05) is 26.2 Å². The molecule has 41 heavy (non-hydrogen) atoms. The van der Waals surface area contributed by atoms with Crippen LogP contribution >= 0.6 is 0 Å². The van der Waals surface area contributed by atoms with E-state index in [0.29, 0.717) is 42.7 Å². The summed E-state index contributed by atoms with van der Waals surface area (Å²) in [7, 11) is 0. The molecule has 0 spiro atoms. The van der Waals surface area contributed by atoms with E-state index in [0.717, 1.165) is 10.8 Å². The van der Waals surface area contributed by atoms with Gasteiger partial charge in [-0.25, -0.2) is 9.59 Å². The summed E-state index contributed by atoms with van der Waals surface area (Å²) >= 11 is 0. The van der Waals surface area contributed by atoms with Crippen molar-refractivity contribution >= 4 is 39.8 Å². The molecule has 0 radical (unpaired) electrons. The summed E-state index contributed by atoms with van der Waals surface area (Å²) in [6.07, 6.45) is 3.24. The highest BCUT2D eigenvalue weighted by molar-refractivity contribution is 6.05. The average Bonchev–Trinajstić information content (AvgIpc) is 2.95. The minimum absolute atomic E-state index is 0.0676. The quantitative estimate of drug-likeness (QED) is 0.371. The van der Waals surface area contributed by atoms with Crippen molar-refractivity contribution in [3.63, 3.8) is 0 Å². The van der Waals surface area contributed by atoms with Gasteiger partial charge in [0, 0.05) is 49.4 Å². The lowest BCUT2D eigenvalue weighted by atomic mass is 10.1. The topological polar surface area (TPSA) is 133 Å². The van der Waals surface area contributed by atoms with Crippen molar-refractivity contribution in [2.45, 2.75) is 38.8 Å². The predicted molar refractivity (Wildman–Crippen MR) is 155 cm³/mol. The van der Waals surface area contributed by atoms with Crippen molar-refractivity contribution in [1.29, 1.82) is 0 Å². The number of aromatic carboxylic acids is 1. The van der Waals surface area contributed by atoms with Crippen LogP contribution in [-0.2, 0) is 4.74 Å². The number of aliphatic hydroxyl groups excluding tert-OH is 1. The standard InChI is InChI=1S/C21H27N3O4.C10H7NO2/c1-21(2,3)28-20(27)24-12-11-23(14-16(24)9-13-25)19(26)17-8-4-6-15-7-5-10-22-18(15)17;12-10(13)8-5-1-3-7-4-2-6-11-9(7)8/h4-8,10,16,25H,9,11-14H2,1-3H3;1-6H,(H,12,13)/t16-;/m0./s1. The first kappa shape index (κ1) is 29.4. The third kappa shape index (κ3) is 7.15. The van der Waals surface area contributed by atoms with Crippen molar-refractivity contribution in [2.24, 2.45) is 0 Å². The maximum atomic E-state index is 13.2. The number of hydrogen-bond donors (Lipinski definition) is 2. The molecule has 3 heterocycles. The molecule has 1 aliphatic rings. The number of aromatic nitrogens is 2. The van der Waals surface area contributed by atoms with E-state index in [1.54, 1.807) is 46.5 Å². The van der Waals surface area contributed by atoms with Gasteiger partial charge in [-0.15, -0.1) is 0 Å². The number of ether oxygens (including phenoxy) is 1. The monoisotopic (exact) mass is 558 g/mol. The van der Waals surface area contributed by atoms with E-state index in [1.165, 1.54) is 0 Å². The van der Waals surface area contributed by atoms with Gasteiger partial charge in [0.2, 0.25) is 0 Å². The molecule has 2 aromatic carbocycles. The minimum atomic E-state index is -0.940. The molecule has 214 valence electrons. The van der Waals surface area contributed by atoms with E-state index in [9.17, 15) is 19.5 Å². The van der Waals surface area contributed by atoms with Crippen LogP contribution in [-0.4, -0.2) is 85.8 Å². The molecule has 5 rings (SSSR count). The molecular formula is C31H34N4O6. The van der Waals surface area contributed by atoms with Crippen molar-refractivity contribution < 1.29 is 29.3 Å². The summed E-state index contributed by atoms with van der Waals surface area (Å²) < 4.78 is 5.48. The van der Waals surface area contributed by atoms with Crippen LogP contribution in [0.2, 0.25) is 0 Å². The summed E-state index contributed by atoms with van der Waals surface area (Å²) in [5, 5.41) is 20.0. The predicted octanol–water partition coefficient (Wildman–Crippen LogP) is 4.61. The molecular weight excluding hydrogens is 524 g/mol. The fourth-order valence-electron chi connectivity index (χ4n) is 4.72. The first-order valence-electron chi connectivity index (χ1n) is 13.4. The van der Waals surface area contributed by atoms with E-state index in [2.05, 4.69) is 9.97 Å². The Morgan fingerprint density at radius 3 is 2.00 bits per heavy atom. The van der Waals surface area contributed by atoms with E-state index in [4.69, 9.17) is 9.84 Å².